The Morgan fingerprint density at radius 1 is 1.24 bits per heavy atom. The van der Waals surface area contributed by atoms with Crippen molar-refractivity contribution < 1.29 is 27.5 Å². The van der Waals surface area contributed by atoms with Crippen LogP contribution in [0.4, 0.5) is 18.0 Å². The SMILES string of the molecule is O=C1NC(=O)C([C@@H]2CCCc3cc(Oc4ncc(C(F)(F)F)cc4Cl)ccc32)S1. The van der Waals surface area contributed by atoms with Crippen LogP contribution < -0.4 is 10.1 Å². The zero-order chi connectivity index (χ0) is 20.8. The average Bonchev–Trinajstić information content (AvgIpc) is 3.00. The molecule has 1 fully saturated rings. The summed E-state index contributed by atoms with van der Waals surface area (Å²) in [5.41, 5.74) is 0.983. The molecule has 0 spiro atoms. The summed E-state index contributed by atoms with van der Waals surface area (Å²) in [5, 5.41) is 1.28. The lowest BCUT2D eigenvalue weighted by atomic mass is 9.80. The molecule has 10 heteroatoms. The van der Waals surface area contributed by atoms with E-state index >= 15 is 0 Å². The summed E-state index contributed by atoms with van der Waals surface area (Å²) in [6.45, 7) is 0. The number of carbonyl (C=O) groups is 2. The van der Waals surface area contributed by atoms with Gasteiger partial charge in [0.15, 0.2) is 0 Å². The molecule has 5 nitrogen and oxygen atoms in total. The number of halogens is 4. The van der Waals surface area contributed by atoms with E-state index < -0.39 is 17.0 Å². The lowest BCUT2D eigenvalue weighted by molar-refractivity contribution is -0.137. The van der Waals surface area contributed by atoms with E-state index in [1.165, 1.54) is 0 Å². The summed E-state index contributed by atoms with van der Waals surface area (Å²) in [4.78, 5) is 27.3. The largest absolute Gasteiger partial charge is 0.438 e. The standard InChI is InChI=1S/C19H14ClF3N2O3S/c20-14-7-10(19(21,22)23)8-24-17(14)28-11-4-5-12-9(6-11)2-1-3-13(12)15-16(26)25-18(27)29-15/h4-8,13,15H,1-3H2,(H,25,26,27)/t13-,15?/m1/s1. The monoisotopic (exact) mass is 442 g/mol. The molecule has 0 radical (unpaired) electrons. The molecule has 1 unspecified atom stereocenters. The van der Waals surface area contributed by atoms with Crippen LogP contribution >= 0.6 is 23.4 Å². The number of nitrogens with one attached hydrogen (secondary N) is 1. The summed E-state index contributed by atoms with van der Waals surface area (Å²) >= 11 is 6.91. The topological polar surface area (TPSA) is 68.3 Å². The van der Waals surface area contributed by atoms with Gasteiger partial charge in [0.05, 0.1) is 5.56 Å². The summed E-state index contributed by atoms with van der Waals surface area (Å²) in [6, 6.07) is 6.02. The molecule has 0 saturated carbocycles. The fourth-order valence-corrected chi connectivity index (χ4v) is 4.82. The third-order valence-electron chi connectivity index (χ3n) is 4.91. The first kappa shape index (κ1) is 20.0. The number of amides is 2. The molecule has 1 aliphatic heterocycles. The second kappa shape index (κ2) is 7.53. The molecule has 4 rings (SSSR count). The Kier molecular flexibility index (Phi) is 5.20. The fourth-order valence-electron chi connectivity index (χ4n) is 3.61. The van der Waals surface area contributed by atoms with E-state index in [9.17, 15) is 22.8 Å². The van der Waals surface area contributed by atoms with Crippen molar-refractivity contribution >= 4 is 34.5 Å². The van der Waals surface area contributed by atoms with Crippen LogP contribution in [0.5, 0.6) is 11.6 Å². The lowest BCUT2D eigenvalue weighted by Crippen LogP contribution is -2.30. The van der Waals surface area contributed by atoms with Gasteiger partial charge in [-0.05, 0) is 48.6 Å². The maximum atomic E-state index is 12.7. The van der Waals surface area contributed by atoms with Crippen LogP contribution in [0.1, 0.15) is 35.4 Å². The van der Waals surface area contributed by atoms with Gasteiger partial charge in [-0.1, -0.05) is 29.4 Å². The molecule has 1 aromatic carbocycles. The number of hydrogen-bond donors (Lipinski definition) is 1. The van der Waals surface area contributed by atoms with Crippen molar-refractivity contribution in [3.05, 3.63) is 52.2 Å². The van der Waals surface area contributed by atoms with Crippen molar-refractivity contribution in [1.82, 2.24) is 10.3 Å². The van der Waals surface area contributed by atoms with Crippen molar-refractivity contribution in [3.8, 4) is 11.6 Å². The molecule has 1 aromatic heterocycles. The Morgan fingerprint density at radius 2 is 2.03 bits per heavy atom. The number of imide groups is 1. The molecule has 1 saturated heterocycles. The van der Waals surface area contributed by atoms with Crippen molar-refractivity contribution in [3.63, 3.8) is 0 Å². The quantitative estimate of drug-likeness (QED) is 0.697. The summed E-state index contributed by atoms with van der Waals surface area (Å²) in [6.07, 6.45) is -1.47. The normalized spacial score (nSPS) is 21.7. The highest BCUT2D eigenvalue weighted by Crippen LogP contribution is 2.42. The van der Waals surface area contributed by atoms with Crippen LogP contribution in [-0.4, -0.2) is 21.4 Å². The Balaban J connectivity index is 1.57. The molecule has 2 atom stereocenters. The number of benzene rings is 1. The number of carbonyl (C=O) groups excluding carboxylic acids is 2. The molecule has 2 aromatic rings. The fraction of sp³-hybridized carbons (Fsp3) is 0.316. The van der Waals surface area contributed by atoms with Crippen LogP contribution in [0.3, 0.4) is 0 Å². The third kappa shape index (κ3) is 4.06. The van der Waals surface area contributed by atoms with Crippen LogP contribution in [0, 0.1) is 0 Å². The van der Waals surface area contributed by atoms with Gasteiger partial charge in [0.1, 0.15) is 16.0 Å². The summed E-state index contributed by atoms with van der Waals surface area (Å²) in [5.74, 6) is -0.0996. The molecule has 2 amide bonds. The second-order valence-corrected chi connectivity index (χ2v) is 8.31. The summed E-state index contributed by atoms with van der Waals surface area (Å²) < 4.78 is 43.8. The number of rotatable bonds is 3. The Bertz CT molecular complexity index is 999. The predicted molar refractivity (Wildman–Crippen MR) is 101 cm³/mol. The minimum atomic E-state index is -4.54. The van der Waals surface area contributed by atoms with Gasteiger partial charge in [0, 0.05) is 12.1 Å². The average molecular weight is 443 g/mol. The van der Waals surface area contributed by atoms with Crippen molar-refractivity contribution in [2.75, 3.05) is 0 Å². The van der Waals surface area contributed by atoms with Gasteiger partial charge in [-0.3, -0.25) is 14.9 Å². The molecule has 2 heterocycles. The van der Waals surface area contributed by atoms with Gasteiger partial charge in [0.25, 0.3) is 5.24 Å². The van der Waals surface area contributed by atoms with Crippen molar-refractivity contribution in [1.29, 1.82) is 0 Å². The van der Waals surface area contributed by atoms with E-state index in [0.29, 0.717) is 11.9 Å². The van der Waals surface area contributed by atoms with E-state index in [1.54, 1.807) is 12.1 Å². The Morgan fingerprint density at radius 3 is 2.69 bits per heavy atom. The maximum Gasteiger partial charge on any atom is 0.417 e. The minimum Gasteiger partial charge on any atom is -0.438 e. The van der Waals surface area contributed by atoms with Crippen molar-refractivity contribution in [2.24, 2.45) is 0 Å². The second-order valence-electron chi connectivity index (χ2n) is 6.79. The van der Waals surface area contributed by atoms with Crippen LogP contribution in [0.25, 0.3) is 0 Å². The summed E-state index contributed by atoms with van der Waals surface area (Å²) in [7, 11) is 0. The number of thioether (sulfide) groups is 1. The first-order chi connectivity index (χ1) is 13.7. The molecule has 1 N–H and O–H groups in total. The highest BCUT2D eigenvalue weighted by molar-refractivity contribution is 8.15. The molecular weight excluding hydrogens is 429 g/mol. The number of alkyl halides is 3. The molecule has 29 heavy (non-hydrogen) atoms. The number of fused-ring (bicyclic) bond motifs is 1. The molecule has 152 valence electrons. The number of aryl methyl sites for hydroxylation is 1. The van der Waals surface area contributed by atoms with Crippen LogP contribution in [0.2, 0.25) is 5.02 Å². The van der Waals surface area contributed by atoms with Gasteiger partial charge in [0.2, 0.25) is 11.8 Å². The van der Waals surface area contributed by atoms with Gasteiger partial charge in [-0.2, -0.15) is 13.2 Å². The van der Waals surface area contributed by atoms with E-state index in [4.69, 9.17) is 16.3 Å². The predicted octanol–water partition coefficient (Wildman–Crippen LogP) is 5.32. The van der Waals surface area contributed by atoms with Crippen molar-refractivity contribution in [2.45, 2.75) is 36.6 Å². The first-order valence-corrected chi connectivity index (χ1v) is 10.0. The number of pyridine rings is 1. The molecule has 1 aliphatic carbocycles. The third-order valence-corrected chi connectivity index (χ3v) is 6.29. The first-order valence-electron chi connectivity index (χ1n) is 8.77. The number of nitrogens with zero attached hydrogens (tertiary/aromatic N) is 1. The number of hydrogen-bond acceptors (Lipinski definition) is 5. The maximum absolute atomic E-state index is 12.7. The van der Waals surface area contributed by atoms with E-state index in [1.807, 2.05) is 6.07 Å². The van der Waals surface area contributed by atoms with Gasteiger partial charge >= 0.3 is 6.18 Å². The minimum absolute atomic E-state index is 0.0861. The number of ether oxygens (including phenoxy) is 1. The molecule has 0 bridgehead atoms. The number of aromatic nitrogens is 1. The van der Waals surface area contributed by atoms with Crippen LogP contribution in [0.15, 0.2) is 30.5 Å². The van der Waals surface area contributed by atoms with Crippen LogP contribution in [-0.2, 0) is 17.4 Å². The molecular formula is C19H14ClF3N2O3S. The van der Waals surface area contributed by atoms with Gasteiger partial charge < -0.3 is 4.74 Å². The zero-order valence-corrected chi connectivity index (χ0v) is 16.3. The zero-order valence-electron chi connectivity index (χ0n) is 14.8. The van der Waals surface area contributed by atoms with E-state index in [-0.39, 0.29) is 28.0 Å². The lowest BCUT2D eigenvalue weighted by Gasteiger charge is -2.28. The highest BCUT2D eigenvalue weighted by Gasteiger charge is 2.40. The van der Waals surface area contributed by atoms with E-state index in [2.05, 4.69) is 10.3 Å². The smallest absolute Gasteiger partial charge is 0.417 e. The Labute approximate surface area is 173 Å². The highest BCUT2D eigenvalue weighted by atomic mass is 35.5. The van der Waals surface area contributed by atoms with Gasteiger partial charge in [-0.25, -0.2) is 4.98 Å². The van der Waals surface area contributed by atoms with Gasteiger partial charge in [-0.15, -0.1) is 0 Å². The Hall–Kier alpha value is -2.26. The van der Waals surface area contributed by atoms with E-state index in [0.717, 1.165) is 48.2 Å². The molecule has 2 aliphatic rings.